The van der Waals surface area contributed by atoms with E-state index in [4.69, 9.17) is 0 Å². The van der Waals surface area contributed by atoms with E-state index in [1.165, 1.54) is 12.8 Å². The summed E-state index contributed by atoms with van der Waals surface area (Å²) in [7, 11) is 0. The number of hydrogen-bond donors (Lipinski definition) is 2. The molecule has 2 aliphatic heterocycles. The molecule has 2 N–H and O–H groups in total. The lowest BCUT2D eigenvalue weighted by Gasteiger charge is -2.32. The summed E-state index contributed by atoms with van der Waals surface area (Å²) >= 11 is 0. The zero-order valence-corrected chi connectivity index (χ0v) is 6.19. The molecule has 0 atom stereocenters. The molecule has 3 heteroatoms. The molecular formula is C7H14N3. The van der Waals surface area contributed by atoms with Crippen molar-refractivity contribution in [1.82, 2.24) is 16.0 Å². The molecule has 10 heavy (non-hydrogen) atoms. The van der Waals surface area contributed by atoms with Crippen LogP contribution < -0.4 is 16.0 Å². The highest BCUT2D eigenvalue weighted by molar-refractivity contribution is 4.97. The lowest BCUT2D eigenvalue weighted by atomic mass is 9.90. The van der Waals surface area contributed by atoms with Crippen molar-refractivity contribution >= 4 is 0 Å². The molecule has 0 aromatic carbocycles. The Morgan fingerprint density at radius 2 is 2.00 bits per heavy atom. The minimum Gasteiger partial charge on any atom is -0.303 e. The van der Waals surface area contributed by atoms with Crippen molar-refractivity contribution in [2.45, 2.75) is 18.4 Å². The van der Waals surface area contributed by atoms with Crippen LogP contribution in [0.25, 0.3) is 0 Å². The van der Waals surface area contributed by atoms with Crippen LogP contribution in [0, 0.1) is 0 Å². The fourth-order valence-corrected chi connectivity index (χ4v) is 1.79. The smallest absolute Gasteiger partial charge is 0.0459 e. The third kappa shape index (κ3) is 1.05. The fourth-order valence-electron chi connectivity index (χ4n) is 1.79. The summed E-state index contributed by atoms with van der Waals surface area (Å²) in [5, 5.41) is 11.2. The SMILES string of the molecule is C1CC2(CC[N]1)CNCN2. The molecule has 2 aliphatic rings. The van der Waals surface area contributed by atoms with Crippen LogP contribution in [0.2, 0.25) is 0 Å². The van der Waals surface area contributed by atoms with Crippen molar-refractivity contribution in [2.24, 2.45) is 0 Å². The second-order valence-electron chi connectivity index (χ2n) is 3.23. The van der Waals surface area contributed by atoms with Gasteiger partial charge in [-0.05, 0) is 12.8 Å². The Hall–Kier alpha value is -0.120. The van der Waals surface area contributed by atoms with E-state index in [1.807, 2.05) is 0 Å². The summed E-state index contributed by atoms with van der Waals surface area (Å²) < 4.78 is 0. The molecule has 2 fully saturated rings. The molecule has 0 amide bonds. The van der Waals surface area contributed by atoms with Crippen LogP contribution in [-0.4, -0.2) is 31.8 Å². The molecule has 2 heterocycles. The largest absolute Gasteiger partial charge is 0.303 e. The Bertz CT molecular complexity index is 110. The standard InChI is InChI=1S/C7H14N3/c1-3-8-4-2-7(1)5-9-6-10-7/h9-10H,1-6H2. The van der Waals surface area contributed by atoms with Crippen molar-refractivity contribution in [3.05, 3.63) is 0 Å². The second kappa shape index (κ2) is 2.49. The van der Waals surface area contributed by atoms with Crippen LogP contribution in [-0.2, 0) is 0 Å². The van der Waals surface area contributed by atoms with Gasteiger partial charge < -0.3 is 5.32 Å². The molecule has 57 valence electrons. The maximum atomic E-state index is 4.33. The number of hydrogen-bond acceptors (Lipinski definition) is 2. The molecule has 0 unspecified atom stereocenters. The highest BCUT2D eigenvalue weighted by atomic mass is 15.2. The van der Waals surface area contributed by atoms with Crippen molar-refractivity contribution in [3.63, 3.8) is 0 Å². The topological polar surface area (TPSA) is 38.2 Å². The third-order valence-corrected chi connectivity index (χ3v) is 2.55. The van der Waals surface area contributed by atoms with E-state index in [2.05, 4.69) is 16.0 Å². The Balaban J connectivity index is 1.98. The van der Waals surface area contributed by atoms with Crippen molar-refractivity contribution in [1.29, 1.82) is 0 Å². The molecular weight excluding hydrogens is 126 g/mol. The van der Waals surface area contributed by atoms with Gasteiger partial charge in [0.2, 0.25) is 0 Å². The zero-order chi connectivity index (χ0) is 6.86. The van der Waals surface area contributed by atoms with Gasteiger partial charge in [0.1, 0.15) is 0 Å². The van der Waals surface area contributed by atoms with Gasteiger partial charge in [-0.15, -0.1) is 0 Å². The average molecular weight is 140 g/mol. The second-order valence-corrected chi connectivity index (χ2v) is 3.23. The van der Waals surface area contributed by atoms with E-state index in [9.17, 15) is 0 Å². The first-order valence-corrected chi connectivity index (χ1v) is 4.00. The summed E-state index contributed by atoms with van der Waals surface area (Å²) in [6, 6.07) is 0. The molecule has 2 rings (SSSR count). The third-order valence-electron chi connectivity index (χ3n) is 2.55. The molecule has 0 aliphatic carbocycles. The predicted molar refractivity (Wildman–Crippen MR) is 39.8 cm³/mol. The number of nitrogens with one attached hydrogen (secondary N) is 2. The van der Waals surface area contributed by atoms with Gasteiger partial charge in [0.25, 0.3) is 0 Å². The van der Waals surface area contributed by atoms with E-state index >= 15 is 0 Å². The van der Waals surface area contributed by atoms with Crippen LogP contribution >= 0.6 is 0 Å². The molecule has 0 aromatic rings. The minimum atomic E-state index is 0.418. The molecule has 0 aromatic heterocycles. The van der Waals surface area contributed by atoms with Crippen LogP contribution in [0.1, 0.15) is 12.8 Å². The first kappa shape index (κ1) is 6.58. The van der Waals surface area contributed by atoms with Crippen molar-refractivity contribution in [2.75, 3.05) is 26.3 Å². The van der Waals surface area contributed by atoms with E-state index in [-0.39, 0.29) is 0 Å². The summed E-state index contributed by atoms with van der Waals surface area (Å²) in [4.78, 5) is 0. The highest BCUT2D eigenvalue weighted by Gasteiger charge is 2.34. The quantitative estimate of drug-likeness (QED) is 0.466. The normalized spacial score (nSPS) is 31.2. The Morgan fingerprint density at radius 1 is 1.20 bits per heavy atom. The van der Waals surface area contributed by atoms with Crippen molar-refractivity contribution in [3.8, 4) is 0 Å². The zero-order valence-electron chi connectivity index (χ0n) is 6.19. The fraction of sp³-hybridized carbons (Fsp3) is 1.00. The molecule has 1 spiro atoms. The van der Waals surface area contributed by atoms with Crippen LogP contribution in [0.15, 0.2) is 0 Å². The lowest BCUT2D eigenvalue weighted by Crippen LogP contribution is -2.48. The van der Waals surface area contributed by atoms with Gasteiger partial charge in [-0.2, -0.15) is 0 Å². The number of rotatable bonds is 0. The Labute approximate surface area is 61.6 Å². The van der Waals surface area contributed by atoms with Gasteiger partial charge in [-0.3, -0.25) is 5.32 Å². The number of piperidine rings is 1. The van der Waals surface area contributed by atoms with E-state index < -0.39 is 0 Å². The van der Waals surface area contributed by atoms with Gasteiger partial charge in [0, 0.05) is 31.8 Å². The monoisotopic (exact) mass is 140 g/mol. The maximum absolute atomic E-state index is 4.33. The minimum absolute atomic E-state index is 0.418. The summed E-state index contributed by atoms with van der Waals surface area (Å²) in [6.45, 7) is 4.23. The van der Waals surface area contributed by atoms with Gasteiger partial charge in [0.15, 0.2) is 0 Å². The van der Waals surface area contributed by atoms with E-state index in [0.717, 1.165) is 26.3 Å². The van der Waals surface area contributed by atoms with Crippen LogP contribution in [0.5, 0.6) is 0 Å². The summed E-state index contributed by atoms with van der Waals surface area (Å²) in [6.07, 6.45) is 2.44. The highest BCUT2D eigenvalue weighted by Crippen LogP contribution is 2.19. The maximum Gasteiger partial charge on any atom is 0.0459 e. The summed E-state index contributed by atoms with van der Waals surface area (Å²) in [5.74, 6) is 0. The van der Waals surface area contributed by atoms with Gasteiger partial charge in [-0.25, -0.2) is 5.32 Å². The Kier molecular flexibility index (Phi) is 1.64. The lowest BCUT2D eigenvalue weighted by molar-refractivity contribution is 0.290. The van der Waals surface area contributed by atoms with Gasteiger partial charge >= 0.3 is 0 Å². The molecule has 1 radical (unpaired) electrons. The first-order valence-electron chi connectivity index (χ1n) is 4.00. The average Bonchev–Trinajstić information content (AvgIpc) is 2.39. The van der Waals surface area contributed by atoms with Gasteiger partial charge in [0.05, 0.1) is 0 Å². The van der Waals surface area contributed by atoms with E-state index in [1.54, 1.807) is 0 Å². The molecule has 3 nitrogen and oxygen atoms in total. The van der Waals surface area contributed by atoms with Crippen molar-refractivity contribution < 1.29 is 0 Å². The Morgan fingerprint density at radius 3 is 2.60 bits per heavy atom. The number of nitrogens with zero attached hydrogens (tertiary/aromatic N) is 1. The first-order chi connectivity index (χ1) is 4.91. The predicted octanol–water partition coefficient (Wildman–Crippen LogP) is -0.726. The van der Waals surface area contributed by atoms with Gasteiger partial charge in [-0.1, -0.05) is 0 Å². The molecule has 2 saturated heterocycles. The van der Waals surface area contributed by atoms with E-state index in [0.29, 0.717) is 5.54 Å². The molecule has 0 saturated carbocycles. The summed E-state index contributed by atoms with van der Waals surface area (Å²) in [5.41, 5.74) is 0.418. The molecule has 0 bridgehead atoms. The van der Waals surface area contributed by atoms with Crippen LogP contribution in [0.4, 0.5) is 0 Å². The van der Waals surface area contributed by atoms with Crippen LogP contribution in [0.3, 0.4) is 0 Å².